The zero-order valence-electron chi connectivity index (χ0n) is 12.4. The minimum atomic E-state index is -0.284. The number of benzene rings is 1. The third-order valence-corrected chi connectivity index (χ3v) is 3.23. The minimum absolute atomic E-state index is 0.205. The molecule has 5 heteroatoms. The summed E-state index contributed by atoms with van der Waals surface area (Å²) in [6, 6.07) is 9.68. The highest BCUT2D eigenvalue weighted by Crippen LogP contribution is 2.25. The molecule has 4 nitrogen and oxygen atoms in total. The summed E-state index contributed by atoms with van der Waals surface area (Å²) in [5.74, 6) is -0.284. The van der Waals surface area contributed by atoms with Crippen molar-refractivity contribution >= 4 is 17.5 Å². The molecule has 1 aromatic carbocycles. The van der Waals surface area contributed by atoms with Crippen LogP contribution in [0.5, 0.6) is 0 Å². The second-order valence-corrected chi connectivity index (χ2v) is 6.17. The van der Waals surface area contributed by atoms with Gasteiger partial charge in [-0.15, -0.1) is 0 Å². The molecule has 0 radical (unpaired) electrons. The van der Waals surface area contributed by atoms with Gasteiger partial charge in [-0.1, -0.05) is 62.7 Å². The number of halogens is 1. The van der Waals surface area contributed by atoms with E-state index in [9.17, 15) is 4.79 Å². The Bertz CT molecular complexity index is 636. The van der Waals surface area contributed by atoms with Gasteiger partial charge in [-0.05, 0) is 5.56 Å². The summed E-state index contributed by atoms with van der Waals surface area (Å²) < 4.78 is 0. The van der Waals surface area contributed by atoms with Crippen molar-refractivity contribution in [2.45, 2.75) is 32.7 Å². The topological polar surface area (TPSA) is 54.9 Å². The lowest BCUT2D eigenvalue weighted by Crippen LogP contribution is -2.25. The van der Waals surface area contributed by atoms with Gasteiger partial charge in [0, 0.05) is 12.0 Å². The van der Waals surface area contributed by atoms with Crippen LogP contribution >= 0.6 is 11.6 Å². The van der Waals surface area contributed by atoms with Gasteiger partial charge in [-0.2, -0.15) is 0 Å². The first-order valence-corrected chi connectivity index (χ1v) is 7.11. The van der Waals surface area contributed by atoms with Gasteiger partial charge in [0.2, 0.25) is 0 Å². The lowest BCUT2D eigenvalue weighted by molar-refractivity contribution is 0.0945. The summed E-state index contributed by atoms with van der Waals surface area (Å²) in [5.41, 5.74) is 1.73. The van der Waals surface area contributed by atoms with Crippen LogP contribution in [0.3, 0.4) is 0 Å². The van der Waals surface area contributed by atoms with E-state index in [1.54, 1.807) is 0 Å². The van der Waals surface area contributed by atoms with E-state index in [0.717, 1.165) is 5.56 Å². The van der Waals surface area contributed by atoms with Gasteiger partial charge in [0.1, 0.15) is 5.69 Å². The zero-order chi connectivity index (χ0) is 15.5. The number of rotatable bonds is 3. The van der Waals surface area contributed by atoms with Crippen LogP contribution < -0.4 is 5.32 Å². The normalized spacial score (nSPS) is 11.2. The number of nitrogens with zero attached hydrogens (tertiary/aromatic N) is 2. The summed E-state index contributed by atoms with van der Waals surface area (Å²) in [4.78, 5) is 20.5. The van der Waals surface area contributed by atoms with Gasteiger partial charge in [-0.25, -0.2) is 4.98 Å². The Morgan fingerprint density at radius 1 is 1.24 bits per heavy atom. The maximum Gasteiger partial charge on any atom is 0.271 e. The van der Waals surface area contributed by atoms with Crippen LogP contribution in [0.15, 0.2) is 36.5 Å². The first-order valence-electron chi connectivity index (χ1n) is 6.73. The number of amides is 1. The fraction of sp³-hybridized carbons (Fsp3) is 0.312. The minimum Gasteiger partial charge on any atom is -0.347 e. The highest BCUT2D eigenvalue weighted by atomic mass is 35.5. The Morgan fingerprint density at radius 2 is 1.90 bits per heavy atom. The van der Waals surface area contributed by atoms with Crippen molar-refractivity contribution in [1.29, 1.82) is 0 Å². The van der Waals surface area contributed by atoms with Crippen LogP contribution in [0, 0.1) is 0 Å². The molecule has 1 amide bonds. The molecule has 2 rings (SSSR count). The van der Waals surface area contributed by atoms with Crippen LogP contribution in [0.4, 0.5) is 0 Å². The molecule has 0 spiro atoms. The molecule has 1 aromatic heterocycles. The van der Waals surface area contributed by atoms with E-state index in [1.807, 2.05) is 51.1 Å². The van der Waals surface area contributed by atoms with E-state index >= 15 is 0 Å². The fourth-order valence-electron chi connectivity index (χ4n) is 1.85. The maximum atomic E-state index is 12.1. The van der Waals surface area contributed by atoms with Gasteiger partial charge < -0.3 is 5.32 Å². The van der Waals surface area contributed by atoms with Crippen molar-refractivity contribution in [3.63, 3.8) is 0 Å². The molecule has 0 fully saturated rings. The van der Waals surface area contributed by atoms with Crippen molar-refractivity contribution in [3.05, 3.63) is 58.6 Å². The largest absolute Gasteiger partial charge is 0.347 e. The molecule has 0 atom stereocenters. The average Bonchev–Trinajstić information content (AvgIpc) is 2.44. The molecular formula is C16H18ClN3O. The molecule has 1 heterocycles. The van der Waals surface area contributed by atoms with E-state index < -0.39 is 0 Å². The van der Waals surface area contributed by atoms with Crippen LogP contribution in [0.25, 0.3) is 0 Å². The highest BCUT2D eigenvalue weighted by Gasteiger charge is 2.21. The zero-order valence-corrected chi connectivity index (χ0v) is 13.1. The maximum absolute atomic E-state index is 12.1. The molecule has 0 aliphatic rings. The number of carbonyl (C=O) groups excluding carboxylic acids is 1. The molecule has 0 bridgehead atoms. The van der Waals surface area contributed by atoms with Crippen molar-refractivity contribution in [3.8, 4) is 0 Å². The fourth-order valence-corrected chi connectivity index (χ4v) is 2.27. The van der Waals surface area contributed by atoms with Crippen molar-refractivity contribution in [2.75, 3.05) is 0 Å². The highest BCUT2D eigenvalue weighted by molar-refractivity contribution is 6.30. The quantitative estimate of drug-likeness (QED) is 0.946. The number of hydrogen-bond donors (Lipinski definition) is 1. The first kappa shape index (κ1) is 15.4. The lowest BCUT2D eigenvalue weighted by Gasteiger charge is -2.18. The van der Waals surface area contributed by atoms with Gasteiger partial charge >= 0.3 is 0 Å². The van der Waals surface area contributed by atoms with Crippen LogP contribution in [-0.4, -0.2) is 15.9 Å². The second-order valence-electron chi connectivity index (χ2n) is 5.81. The summed E-state index contributed by atoms with van der Waals surface area (Å²) in [5, 5.41) is 3.07. The summed E-state index contributed by atoms with van der Waals surface area (Å²) in [6.45, 7) is 6.44. The molecule has 0 saturated heterocycles. The van der Waals surface area contributed by atoms with Crippen molar-refractivity contribution in [1.82, 2.24) is 15.3 Å². The van der Waals surface area contributed by atoms with E-state index in [-0.39, 0.29) is 22.2 Å². The number of aromatic nitrogens is 2. The first-order chi connectivity index (χ1) is 9.88. The third kappa shape index (κ3) is 4.02. The van der Waals surface area contributed by atoms with Crippen molar-refractivity contribution in [2.24, 2.45) is 0 Å². The Hall–Kier alpha value is -1.94. The van der Waals surface area contributed by atoms with Crippen molar-refractivity contribution < 1.29 is 4.79 Å². The predicted octanol–water partition coefficient (Wildman–Crippen LogP) is 3.36. The average molecular weight is 304 g/mol. The van der Waals surface area contributed by atoms with Gasteiger partial charge in [0.05, 0.1) is 11.9 Å². The number of hydrogen-bond acceptors (Lipinski definition) is 3. The molecule has 0 aliphatic carbocycles. The molecule has 110 valence electrons. The summed E-state index contributed by atoms with van der Waals surface area (Å²) in [7, 11) is 0. The predicted molar refractivity (Wildman–Crippen MR) is 83.4 cm³/mol. The number of nitrogens with one attached hydrogen (secondary N) is 1. The Kier molecular flexibility index (Phi) is 4.58. The Morgan fingerprint density at radius 3 is 2.48 bits per heavy atom. The monoisotopic (exact) mass is 303 g/mol. The molecule has 2 aromatic rings. The smallest absolute Gasteiger partial charge is 0.271 e. The number of carbonyl (C=O) groups is 1. The lowest BCUT2D eigenvalue weighted by atomic mass is 9.92. The van der Waals surface area contributed by atoms with Crippen LogP contribution in [0.2, 0.25) is 5.15 Å². The molecule has 1 N–H and O–H groups in total. The molecular weight excluding hydrogens is 286 g/mol. The summed E-state index contributed by atoms with van der Waals surface area (Å²) >= 11 is 6.12. The van der Waals surface area contributed by atoms with Gasteiger partial charge in [-0.3, -0.25) is 9.78 Å². The summed E-state index contributed by atoms with van der Waals surface area (Å²) in [6.07, 6.45) is 1.47. The van der Waals surface area contributed by atoms with Gasteiger partial charge in [0.25, 0.3) is 5.91 Å². The van der Waals surface area contributed by atoms with Crippen LogP contribution in [0.1, 0.15) is 42.5 Å². The molecule has 0 unspecified atom stereocenters. The van der Waals surface area contributed by atoms with E-state index in [2.05, 4.69) is 15.3 Å². The standard InChI is InChI=1S/C16H18ClN3O/c1-16(2,3)13-14(17)20-12(10-18-13)15(21)19-9-11-7-5-4-6-8-11/h4-8,10H,9H2,1-3H3,(H,19,21). The van der Waals surface area contributed by atoms with Gasteiger partial charge in [0.15, 0.2) is 5.15 Å². The van der Waals surface area contributed by atoms with E-state index in [1.165, 1.54) is 6.20 Å². The van der Waals surface area contributed by atoms with Crippen LogP contribution in [-0.2, 0) is 12.0 Å². The second kappa shape index (κ2) is 6.22. The molecule has 0 saturated carbocycles. The van der Waals surface area contributed by atoms with E-state index in [0.29, 0.717) is 12.2 Å². The Balaban J connectivity index is 2.08. The van der Waals surface area contributed by atoms with E-state index in [4.69, 9.17) is 11.6 Å². The molecule has 0 aliphatic heterocycles. The Labute approximate surface area is 129 Å². The third-order valence-electron chi connectivity index (χ3n) is 2.97. The molecule has 21 heavy (non-hydrogen) atoms. The SMILES string of the molecule is CC(C)(C)c1ncc(C(=O)NCc2ccccc2)nc1Cl.